The summed E-state index contributed by atoms with van der Waals surface area (Å²) in [5.74, 6) is -0.606. The number of amides is 3. The number of carbonyl (C=O) groups excluding carboxylic acids is 3. The number of pyridine rings is 1. The van der Waals surface area contributed by atoms with E-state index in [1.54, 1.807) is 41.6 Å². The lowest BCUT2D eigenvalue weighted by atomic mass is 9.94. The number of likely N-dealkylation sites (tertiary alicyclic amines) is 2. The molecule has 4 rings (SSSR count). The SMILES string of the molecule is O=C(NC1CCN(C(=O)C2CCCN(C(=O)Cc3ccc(F)cc3)C2)CC1)c1cccnc1. The molecule has 7 nitrogen and oxygen atoms in total. The molecule has 174 valence electrons. The zero-order valence-electron chi connectivity index (χ0n) is 18.6. The topological polar surface area (TPSA) is 82.6 Å². The van der Waals surface area contributed by atoms with Crippen molar-refractivity contribution in [3.63, 3.8) is 0 Å². The maximum Gasteiger partial charge on any atom is 0.253 e. The molecule has 0 saturated carbocycles. The molecule has 2 aliphatic rings. The Morgan fingerprint density at radius 3 is 2.45 bits per heavy atom. The van der Waals surface area contributed by atoms with Gasteiger partial charge in [0.2, 0.25) is 11.8 Å². The van der Waals surface area contributed by atoms with Crippen LogP contribution in [0, 0.1) is 11.7 Å². The quantitative estimate of drug-likeness (QED) is 0.756. The number of nitrogens with zero attached hydrogens (tertiary/aromatic N) is 3. The van der Waals surface area contributed by atoms with Crippen LogP contribution in [-0.2, 0) is 16.0 Å². The fourth-order valence-corrected chi connectivity index (χ4v) is 4.56. The molecule has 1 unspecified atom stereocenters. The highest BCUT2D eigenvalue weighted by Crippen LogP contribution is 2.22. The van der Waals surface area contributed by atoms with Crippen LogP contribution in [0.3, 0.4) is 0 Å². The van der Waals surface area contributed by atoms with E-state index in [1.165, 1.54) is 12.1 Å². The lowest BCUT2D eigenvalue weighted by molar-refractivity contribution is -0.141. The van der Waals surface area contributed by atoms with Gasteiger partial charge >= 0.3 is 0 Å². The van der Waals surface area contributed by atoms with Gasteiger partial charge in [-0.1, -0.05) is 12.1 Å². The standard InChI is InChI=1S/C25H29FN4O3/c26-21-7-5-18(6-8-21)15-23(31)30-12-2-4-20(17-30)25(33)29-13-9-22(10-14-29)28-24(32)19-3-1-11-27-16-19/h1,3,5-8,11,16,20,22H,2,4,9-10,12-15,17H2,(H,28,32). The van der Waals surface area contributed by atoms with Crippen LogP contribution in [-0.4, -0.2) is 64.7 Å². The van der Waals surface area contributed by atoms with Gasteiger partial charge in [0.15, 0.2) is 0 Å². The van der Waals surface area contributed by atoms with Crippen molar-refractivity contribution in [2.75, 3.05) is 26.2 Å². The Labute approximate surface area is 193 Å². The lowest BCUT2D eigenvalue weighted by Crippen LogP contribution is -2.51. The van der Waals surface area contributed by atoms with E-state index in [9.17, 15) is 18.8 Å². The predicted molar refractivity (Wildman–Crippen MR) is 121 cm³/mol. The number of hydrogen-bond acceptors (Lipinski definition) is 4. The molecule has 0 bridgehead atoms. The summed E-state index contributed by atoms with van der Waals surface area (Å²) in [6.45, 7) is 2.26. The maximum atomic E-state index is 13.1. The number of hydrogen-bond donors (Lipinski definition) is 1. The van der Waals surface area contributed by atoms with Gasteiger partial charge in [0.25, 0.3) is 5.91 Å². The summed E-state index contributed by atoms with van der Waals surface area (Å²) >= 11 is 0. The van der Waals surface area contributed by atoms with Gasteiger partial charge in [-0.3, -0.25) is 19.4 Å². The number of piperidine rings is 2. The Kier molecular flexibility index (Phi) is 7.32. The fraction of sp³-hybridized carbons (Fsp3) is 0.440. The maximum absolute atomic E-state index is 13.1. The zero-order chi connectivity index (χ0) is 23.2. The van der Waals surface area contributed by atoms with Gasteiger partial charge in [-0.25, -0.2) is 4.39 Å². The second-order valence-electron chi connectivity index (χ2n) is 8.80. The van der Waals surface area contributed by atoms with Gasteiger partial charge in [-0.05, 0) is 55.5 Å². The van der Waals surface area contributed by atoms with Crippen molar-refractivity contribution in [2.24, 2.45) is 5.92 Å². The molecule has 8 heteroatoms. The lowest BCUT2D eigenvalue weighted by Gasteiger charge is -2.38. The van der Waals surface area contributed by atoms with Gasteiger partial charge in [0.05, 0.1) is 17.9 Å². The molecule has 2 fully saturated rings. The van der Waals surface area contributed by atoms with E-state index in [4.69, 9.17) is 0 Å². The van der Waals surface area contributed by atoms with E-state index >= 15 is 0 Å². The summed E-state index contributed by atoms with van der Waals surface area (Å²) in [5, 5.41) is 3.03. The molecule has 3 heterocycles. The van der Waals surface area contributed by atoms with Crippen LogP contribution >= 0.6 is 0 Å². The third-order valence-electron chi connectivity index (χ3n) is 6.46. The molecule has 0 aliphatic carbocycles. The fourth-order valence-electron chi connectivity index (χ4n) is 4.56. The van der Waals surface area contributed by atoms with Crippen molar-refractivity contribution in [1.29, 1.82) is 0 Å². The second kappa shape index (κ2) is 10.6. The molecule has 1 N–H and O–H groups in total. The molecule has 0 radical (unpaired) electrons. The normalized spacial score (nSPS) is 19.2. The molecular weight excluding hydrogens is 423 g/mol. The molecule has 2 aromatic rings. The van der Waals surface area contributed by atoms with Gasteiger partial charge in [-0.15, -0.1) is 0 Å². The minimum absolute atomic E-state index is 0.0295. The number of rotatable bonds is 5. The van der Waals surface area contributed by atoms with Gasteiger partial charge < -0.3 is 15.1 Å². The summed E-state index contributed by atoms with van der Waals surface area (Å²) in [6.07, 6.45) is 6.36. The van der Waals surface area contributed by atoms with Crippen molar-refractivity contribution < 1.29 is 18.8 Å². The zero-order valence-corrected chi connectivity index (χ0v) is 18.6. The van der Waals surface area contributed by atoms with Crippen LogP contribution in [0.25, 0.3) is 0 Å². The number of halogens is 1. The molecule has 0 spiro atoms. The van der Waals surface area contributed by atoms with E-state index in [2.05, 4.69) is 10.3 Å². The highest BCUT2D eigenvalue weighted by atomic mass is 19.1. The summed E-state index contributed by atoms with van der Waals surface area (Å²) in [5.41, 5.74) is 1.30. The third-order valence-corrected chi connectivity index (χ3v) is 6.46. The highest BCUT2D eigenvalue weighted by molar-refractivity contribution is 5.94. The summed E-state index contributed by atoms with van der Waals surface area (Å²) < 4.78 is 13.1. The van der Waals surface area contributed by atoms with Crippen molar-refractivity contribution in [3.8, 4) is 0 Å². The molecule has 1 atom stereocenters. The molecule has 33 heavy (non-hydrogen) atoms. The first kappa shape index (κ1) is 22.9. The molecule has 2 aliphatic heterocycles. The number of benzene rings is 1. The highest BCUT2D eigenvalue weighted by Gasteiger charge is 2.33. The van der Waals surface area contributed by atoms with Gasteiger partial charge in [0, 0.05) is 44.6 Å². The molecule has 1 aromatic heterocycles. The van der Waals surface area contributed by atoms with E-state index in [-0.39, 0.29) is 41.9 Å². The molecule has 3 amide bonds. The van der Waals surface area contributed by atoms with Crippen LogP contribution in [0.4, 0.5) is 4.39 Å². The number of carbonyl (C=O) groups is 3. The Bertz CT molecular complexity index is 975. The first-order chi connectivity index (χ1) is 16.0. The smallest absolute Gasteiger partial charge is 0.253 e. The van der Waals surface area contributed by atoms with E-state index < -0.39 is 0 Å². The molecule has 2 saturated heterocycles. The number of nitrogens with one attached hydrogen (secondary N) is 1. The summed E-state index contributed by atoms with van der Waals surface area (Å²) in [4.78, 5) is 45.8. The third kappa shape index (κ3) is 5.94. The second-order valence-corrected chi connectivity index (χ2v) is 8.80. The van der Waals surface area contributed by atoms with Crippen LogP contribution in [0.2, 0.25) is 0 Å². The average Bonchev–Trinajstić information content (AvgIpc) is 2.86. The summed E-state index contributed by atoms with van der Waals surface area (Å²) in [6, 6.07) is 9.44. The van der Waals surface area contributed by atoms with Crippen LogP contribution in [0.15, 0.2) is 48.8 Å². The van der Waals surface area contributed by atoms with Crippen molar-refractivity contribution in [2.45, 2.75) is 38.1 Å². The first-order valence-corrected chi connectivity index (χ1v) is 11.5. The average molecular weight is 453 g/mol. The van der Waals surface area contributed by atoms with Crippen LogP contribution in [0.5, 0.6) is 0 Å². The largest absolute Gasteiger partial charge is 0.349 e. The van der Waals surface area contributed by atoms with Gasteiger partial charge in [-0.2, -0.15) is 0 Å². The van der Waals surface area contributed by atoms with Gasteiger partial charge in [0.1, 0.15) is 5.82 Å². The monoisotopic (exact) mass is 452 g/mol. The van der Waals surface area contributed by atoms with E-state index in [1.807, 2.05) is 4.90 Å². The minimum Gasteiger partial charge on any atom is -0.349 e. The van der Waals surface area contributed by atoms with Crippen molar-refractivity contribution in [3.05, 3.63) is 65.7 Å². The van der Waals surface area contributed by atoms with Crippen molar-refractivity contribution in [1.82, 2.24) is 20.1 Å². The van der Waals surface area contributed by atoms with Crippen LogP contribution in [0.1, 0.15) is 41.6 Å². The molecular formula is C25H29FN4O3. The van der Waals surface area contributed by atoms with Crippen molar-refractivity contribution >= 4 is 17.7 Å². The predicted octanol–water partition coefficient (Wildman–Crippen LogP) is 2.42. The van der Waals surface area contributed by atoms with Crippen LogP contribution < -0.4 is 5.32 Å². The Morgan fingerprint density at radius 2 is 1.76 bits per heavy atom. The van der Waals surface area contributed by atoms with E-state index in [0.717, 1.165) is 18.4 Å². The Morgan fingerprint density at radius 1 is 1.00 bits per heavy atom. The Balaban J connectivity index is 1.25. The van der Waals surface area contributed by atoms with E-state index in [0.29, 0.717) is 44.6 Å². The number of aromatic nitrogens is 1. The Hall–Kier alpha value is -3.29. The summed E-state index contributed by atoms with van der Waals surface area (Å²) in [7, 11) is 0. The molecule has 1 aromatic carbocycles. The first-order valence-electron chi connectivity index (χ1n) is 11.5. The minimum atomic E-state index is -0.324.